The van der Waals surface area contributed by atoms with Crippen molar-refractivity contribution in [1.82, 2.24) is 9.62 Å². The van der Waals surface area contributed by atoms with E-state index in [1.807, 2.05) is 0 Å². The van der Waals surface area contributed by atoms with Gasteiger partial charge in [0, 0.05) is 18.8 Å². The minimum atomic E-state index is -3.86. The van der Waals surface area contributed by atoms with Crippen molar-refractivity contribution in [2.75, 3.05) is 31.9 Å². The number of benzene rings is 1. The molecule has 0 aromatic heterocycles. The molecule has 0 atom stereocenters. The summed E-state index contributed by atoms with van der Waals surface area (Å²) in [6, 6.07) is 3.54. The third-order valence-electron chi connectivity index (χ3n) is 3.84. The van der Waals surface area contributed by atoms with Crippen LogP contribution in [0.15, 0.2) is 23.1 Å². The van der Waals surface area contributed by atoms with Crippen LogP contribution in [-0.2, 0) is 10.0 Å². The normalized spacial score (nSPS) is 18.0. The van der Waals surface area contributed by atoms with E-state index < -0.39 is 20.7 Å². The number of rotatable bonds is 5. The smallest absolute Gasteiger partial charge is 0.243 e. The Bertz CT molecular complexity index is 584. The second-order valence-electron chi connectivity index (χ2n) is 5.61. The van der Waals surface area contributed by atoms with Gasteiger partial charge in [0.05, 0.1) is 0 Å². The predicted octanol–water partition coefficient (Wildman–Crippen LogP) is 1.42. The van der Waals surface area contributed by atoms with Gasteiger partial charge in [-0.25, -0.2) is 17.5 Å². The average Bonchev–Trinajstić information content (AvgIpc) is 2.43. The van der Waals surface area contributed by atoms with Gasteiger partial charge < -0.3 is 10.6 Å². The van der Waals surface area contributed by atoms with Crippen LogP contribution in [0.1, 0.15) is 19.8 Å². The molecule has 2 rings (SSSR count). The van der Waals surface area contributed by atoms with Gasteiger partial charge in [-0.3, -0.25) is 0 Å². The molecule has 1 saturated heterocycles. The van der Waals surface area contributed by atoms with Gasteiger partial charge in [0.2, 0.25) is 10.0 Å². The third kappa shape index (κ3) is 4.39. The second kappa shape index (κ2) is 6.72. The highest BCUT2D eigenvalue weighted by atomic mass is 32.2. The van der Waals surface area contributed by atoms with Crippen molar-refractivity contribution >= 4 is 15.7 Å². The predicted molar refractivity (Wildman–Crippen MR) is 80.8 cm³/mol. The highest BCUT2D eigenvalue weighted by Gasteiger charge is 2.20. The molecular formula is C14H22FN3O2S. The summed E-state index contributed by atoms with van der Waals surface area (Å²) >= 11 is 0. The third-order valence-corrected chi connectivity index (χ3v) is 5.32. The Balaban J connectivity index is 1.91. The van der Waals surface area contributed by atoms with Crippen molar-refractivity contribution in [1.29, 1.82) is 0 Å². The van der Waals surface area contributed by atoms with E-state index in [4.69, 9.17) is 5.73 Å². The van der Waals surface area contributed by atoms with Gasteiger partial charge in [-0.1, -0.05) is 6.92 Å². The molecule has 1 aromatic carbocycles. The lowest BCUT2D eigenvalue weighted by Crippen LogP contribution is -2.39. The van der Waals surface area contributed by atoms with Crippen molar-refractivity contribution in [3.05, 3.63) is 24.0 Å². The number of likely N-dealkylation sites (tertiary alicyclic amines) is 1. The zero-order valence-corrected chi connectivity index (χ0v) is 13.0. The number of halogens is 1. The summed E-state index contributed by atoms with van der Waals surface area (Å²) in [7, 11) is -3.86. The van der Waals surface area contributed by atoms with Crippen LogP contribution >= 0.6 is 0 Å². The maximum absolute atomic E-state index is 13.6. The number of hydrogen-bond acceptors (Lipinski definition) is 4. The molecular weight excluding hydrogens is 293 g/mol. The zero-order chi connectivity index (χ0) is 15.5. The number of hydrogen-bond donors (Lipinski definition) is 2. The van der Waals surface area contributed by atoms with Gasteiger partial charge in [-0.2, -0.15) is 0 Å². The summed E-state index contributed by atoms with van der Waals surface area (Å²) in [4.78, 5) is 1.83. The largest absolute Gasteiger partial charge is 0.399 e. The standard InChI is InChI=1S/C14H22FN3O2S/c1-11-4-7-18(8-5-11)9-6-17-21(19,20)14-10-12(16)2-3-13(14)15/h2-3,10-11,17H,4-9,16H2,1H3. The molecule has 0 aliphatic carbocycles. The Morgan fingerprint density at radius 1 is 1.38 bits per heavy atom. The molecule has 1 aromatic rings. The quantitative estimate of drug-likeness (QED) is 0.806. The average molecular weight is 315 g/mol. The minimum Gasteiger partial charge on any atom is -0.399 e. The maximum atomic E-state index is 13.6. The van der Waals surface area contributed by atoms with E-state index in [9.17, 15) is 12.8 Å². The molecule has 0 unspecified atom stereocenters. The van der Waals surface area contributed by atoms with Crippen LogP contribution in [0.25, 0.3) is 0 Å². The highest BCUT2D eigenvalue weighted by molar-refractivity contribution is 7.89. The SMILES string of the molecule is CC1CCN(CCNS(=O)(=O)c2cc(N)ccc2F)CC1. The minimum absolute atomic E-state index is 0.224. The van der Waals surface area contributed by atoms with Crippen LogP contribution in [0.5, 0.6) is 0 Å². The lowest BCUT2D eigenvalue weighted by atomic mass is 9.99. The van der Waals surface area contributed by atoms with Gasteiger partial charge in [0.15, 0.2) is 0 Å². The number of piperidine rings is 1. The molecule has 0 saturated carbocycles. The Labute approximate surface area is 125 Å². The summed E-state index contributed by atoms with van der Waals surface area (Å²) in [5.41, 5.74) is 5.74. The van der Waals surface area contributed by atoms with Crippen LogP contribution in [0.2, 0.25) is 0 Å². The fourth-order valence-electron chi connectivity index (χ4n) is 2.43. The Morgan fingerprint density at radius 3 is 2.71 bits per heavy atom. The fraction of sp³-hybridized carbons (Fsp3) is 0.571. The van der Waals surface area contributed by atoms with Crippen molar-refractivity contribution < 1.29 is 12.8 Å². The second-order valence-corrected chi connectivity index (χ2v) is 7.35. The number of sulfonamides is 1. The molecule has 7 heteroatoms. The number of nitrogens with one attached hydrogen (secondary N) is 1. The molecule has 118 valence electrons. The van der Waals surface area contributed by atoms with E-state index in [1.54, 1.807) is 0 Å². The van der Waals surface area contributed by atoms with E-state index in [-0.39, 0.29) is 12.2 Å². The van der Waals surface area contributed by atoms with Gasteiger partial charge >= 0.3 is 0 Å². The van der Waals surface area contributed by atoms with Crippen LogP contribution < -0.4 is 10.5 Å². The molecule has 1 aliphatic rings. The zero-order valence-electron chi connectivity index (χ0n) is 12.2. The number of nitrogen functional groups attached to an aromatic ring is 1. The van der Waals surface area contributed by atoms with Gasteiger partial charge in [0.25, 0.3) is 0 Å². The van der Waals surface area contributed by atoms with Crippen LogP contribution in [0.4, 0.5) is 10.1 Å². The van der Waals surface area contributed by atoms with Crippen LogP contribution in [0, 0.1) is 11.7 Å². The summed E-state index contributed by atoms with van der Waals surface area (Å²) in [5.74, 6) is -0.0529. The van der Waals surface area contributed by atoms with Gasteiger partial charge in [0.1, 0.15) is 10.7 Å². The molecule has 3 N–H and O–H groups in total. The van der Waals surface area contributed by atoms with E-state index in [1.165, 1.54) is 6.07 Å². The highest BCUT2D eigenvalue weighted by Crippen LogP contribution is 2.18. The van der Waals surface area contributed by atoms with Crippen molar-refractivity contribution in [2.24, 2.45) is 5.92 Å². The monoisotopic (exact) mass is 315 g/mol. The first kappa shape index (κ1) is 16.2. The molecule has 0 amide bonds. The van der Waals surface area contributed by atoms with E-state index in [2.05, 4.69) is 16.5 Å². The van der Waals surface area contributed by atoms with Crippen molar-refractivity contribution in [2.45, 2.75) is 24.7 Å². The Kier molecular flexibility index (Phi) is 5.18. The lowest BCUT2D eigenvalue weighted by Gasteiger charge is -2.30. The summed E-state index contributed by atoms with van der Waals surface area (Å²) in [5, 5.41) is 0. The molecule has 0 bridgehead atoms. The first-order valence-corrected chi connectivity index (χ1v) is 8.64. The summed E-state index contributed by atoms with van der Waals surface area (Å²) < 4.78 is 40.2. The van der Waals surface area contributed by atoms with Crippen LogP contribution in [-0.4, -0.2) is 39.5 Å². The number of nitrogens with two attached hydrogens (primary N) is 1. The Hall–Kier alpha value is -1.18. The van der Waals surface area contributed by atoms with Gasteiger partial charge in [-0.05, 0) is 50.0 Å². The van der Waals surface area contributed by atoms with E-state index in [0.29, 0.717) is 6.54 Å². The van der Waals surface area contributed by atoms with Crippen molar-refractivity contribution in [3.8, 4) is 0 Å². The molecule has 21 heavy (non-hydrogen) atoms. The maximum Gasteiger partial charge on any atom is 0.243 e. The van der Waals surface area contributed by atoms with Crippen LogP contribution in [0.3, 0.4) is 0 Å². The Morgan fingerprint density at radius 2 is 2.05 bits per heavy atom. The lowest BCUT2D eigenvalue weighted by molar-refractivity contribution is 0.195. The van der Waals surface area contributed by atoms with Gasteiger partial charge in [-0.15, -0.1) is 0 Å². The van der Waals surface area contributed by atoms with E-state index >= 15 is 0 Å². The molecule has 0 radical (unpaired) electrons. The molecule has 1 heterocycles. The summed E-state index contributed by atoms with van der Waals surface area (Å²) in [6.45, 7) is 5.09. The summed E-state index contributed by atoms with van der Waals surface area (Å²) in [6.07, 6.45) is 2.27. The van der Waals surface area contributed by atoms with Crippen molar-refractivity contribution in [3.63, 3.8) is 0 Å². The van der Waals surface area contributed by atoms with E-state index in [0.717, 1.165) is 44.0 Å². The molecule has 5 nitrogen and oxygen atoms in total. The number of anilines is 1. The molecule has 1 fully saturated rings. The molecule has 0 spiro atoms. The first-order valence-electron chi connectivity index (χ1n) is 7.15. The fourth-order valence-corrected chi connectivity index (χ4v) is 3.56. The topological polar surface area (TPSA) is 75.4 Å². The molecule has 1 aliphatic heterocycles. The number of nitrogens with zero attached hydrogens (tertiary/aromatic N) is 1. The first-order chi connectivity index (χ1) is 9.88.